The van der Waals surface area contributed by atoms with Crippen molar-refractivity contribution in [2.24, 2.45) is 0 Å². The standard InChI is InChI=1S/C19H23N5O3/c1-10(2)16-21-17(26-23-16)13-6-5-7-24(9-13)19(25)14-8-11(3)20-18-15(14)12(4)22-27-18/h8,10,13H,5-7,9H2,1-4H3/t13-/m1/s1. The summed E-state index contributed by atoms with van der Waals surface area (Å²) in [6, 6.07) is 1.81. The number of carbonyl (C=O) groups excluding carboxylic acids is 1. The van der Waals surface area contributed by atoms with Gasteiger partial charge in [-0.05, 0) is 32.8 Å². The number of fused-ring (bicyclic) bond motifs is 1. The molecule has 0 unspecified atom stereocenters. The maximum Gasteiger partial charge on any atom is 0.258 e. The van der Waals surface area contributed by atoms with E-state index in [1.165, 1.54) is 0 Å². The molecule has 27 heavy (non-hydrogen) atoms. The third-order valence-electron chi connectivity index (χ3n) is 5.01. The third-order valence-corrected chi connectivity index (χ3v) is 5.01. The second-order valence-corrected chi connectivity index (χ2v) is 7.50. The number of amides is 1. The molecule has 142 valence electrons. The van der Waals surface area contributed by atoms with Crippen LogP contribution in [0.15, 0.2) is 15.1 Å². The Morgan fingerprint density at radius 1 is 1.22 bits per heavy atom. The van der Waals surface area contributed by atoms with E-state index in [9.17, 15) is 4.79 Å². The van der Waals surface area contributed by atoms with Crippen molar-refractivity contribution in [2.45, 2.75) is 52.4 Å². The van der Waals surface area contributed by atoms with Gasteiger partial charge in [0.05, 0.1) is 22.6 Å². The van der Waals surface area contributed by atoms with Crippen molar-refractivity contribution in [1.29, 1.82) is 0 Å². The molecule has 1 saturated heterocycles. The highest BCUT2D eigenvalue weighted by molar-refractivity contribution is 6.06. The van der Waals surface area contributed by atoms with Gasteiger partial charge in [0.15, 0.2) is 5.82 Å². The van der Waals surface area contributed by atoms with Crippen LogP contribution in [0.2, 0.25) is 0 Å². The van der Waals surface area contributed by atoms with Gasteiger partial charge >= 0.3 is 0 Å². The fourth-order valence-electron chi connectivity index (χ4n) is 3.57. The number of hydrogen-bond donors (Lipinski definition) is 0. The van der Waals surface area contributed by atoms with Crippen molar-refractivity contribution in [3.05, 3.63) is 34.7 Å². The van der Waals surface area contributed by atoms with Crippen LogP contribution in [0, 0.1) is 13.8 Å². The lowest BCUT2D eigenvalue weighted by Gasteiger charge is -2.31. The first-order valence-electron chi connectivity index (χ1n) is 9.30. The van der Waals surface area contributed by atoms with Crippen molar-refractivity contribution in [1.82, 2.24) is 25.2 Å². The maximum atomic E-state index is 13.3. The summed E-state index contributed by atoms with van der Waals surface area (Å²) < 4.78 is 10.7. The van der Waals surface area contributed by atoms with Gasteiger partial charge in [-0.15, -0.1) is 0 Å². The normalized spacial score (nSPS) is 17.8. The molecule has 1 amide bonds. The van der Waals surface area contributed by atoms with E-state index in [2.05, 4.69) is 20.3 Å². The van der Waals surface area contributed by atoms with Crippen molar-refractivity contribution < 1.29 is 13.8 Å². The van der Waals surface area contributed by atoms with Gasteiger partial charge in [-0.1, -0.05) is 24.2 Å². The number of aromatic nitrogens is 4. The second-order valence-electron chi connectivity index (χ2n) is 7.50. The number of aryl methyl sites for hydroxylation is 2. The SMILES string of the molecule is Cc1cc(C(=O)N2CCC[C@@H](c3nc(C(C)C)no3)C2)c2c(C)noc2n1. The lowest BCUT2D eigenvalue weighted by atomic mass is 9.96. The summed E-state index contributed by atoms with van der Waals surface area (Å²) in [6.07, 6.45) is 1.83. The Bertz CT molecular complexity index is 991. The molecule has 4 rings (SSSR count). The van der Waals surface area contributed by atoms with Crippen LogP contribution in [0.4, 0.5) is 0 Å². The molecule has 0 aromatic carbocycles. The van der Waals surface area contributed by atoms with Gasteiger partial charge < -0.3 is 13.9 Å². The zero-order valence-electron chi connectivity index (χ0n) is 16.0. The smallest absolute Gasteiger partial charge is 0.258 e. The summed E-state index contributed by atoms with van der Waals surface area (Å²) in [5.41, 5.74) is 2.40. The van der Waals surface area contributed by atoms with Crippen LogP contribution >= 0.6 is 0 Å². The minimum atomic E-state index is -0.0369. The van der Waals surface area contributed by atoms with Crippen LogP contribution in [0.1, 0.15) is 72.0 Å². The molecule has 3 aromatic rings. The quantitative estimate of drug-likeness (QED) is 0.698. The van der Waals surface area contributed by atoms with E-state index in [0.717, 1.165) is 18.5 Å². The van der Waals surface area contributed by atoms with E-state index in [1.807, 2.05) is 38.7 Å². The predicted molar refractivity (Wildman–Crippen MR) is 97.5 cm³/mol. The molecule has 8 heteroatoms. The Morgan fingerprint density at radius 3 is 2.78 bits per heavy atom. The van der Waals surface area contributed by atoms with Gasteiger partial charge in [0.2, 0.25) is 5.89 Å². The van der Waals surface area contributed by atoms with Gasteiger partial charge in [0.25, 0.3) is 11.6 Å². The molecule has 3 aromatic heterocycles. The van der Waals surface area contributed by atoms with Crippen molar-refractivity contribution in [3.8, 4) is 0 Å². The van der Waals surface area contributed by atoms with E-state index < -0.39 is 0 Å². The molecular weight excluding hydrogens is 346 g/mol. The van der Waals surface area contributed by atoms with Gasteiger partial charge in [0, 0.05) is 24.7 Å². The minimum Gasteiger partial charge on any atom is -0.339 e. The predicted octanol–water partition coefficient (Wildman–Crippen LogP) is 3.37. The average Bonchev–Trinajstić information content (AvgIpc) is 3.28. The molecule has 0 aliphatic carbocycles. The number of likely N-dealkylation sites (tertiary alicyclic amines) is 1. The Morgan fingerprint density at radius 2 is 2.04 bits per heavy atom. The van der Waals surface area contributed by atoms with Crippen LogP contribution in [-0.2, 0) is 0 Å². The molecule has 0 saturated carbocycles. The summed E-state index contributed by atoms with van der Waals surface area (Å²) in [5, 5.41) is 8.71. The Hall–Kier alpha value is -2.77. The Balaban J connectivity index is 1.61. The fourth-order valence-corrected chi connectivity index (χ4v) is 3.57. The molecule has 1 atom stereocenters. The summed E-state index contributed by atoms with van der Waals surface area (Å²) >= 11 is 0. The number of carbonyl (C=O) groups is 1. The van der Waals surface area contributed by atoms with E-state index in [-0.39, 0.29) is 17.7 Å². The summed E-state index contributed by atoms with van der Waals surface area (Å²) in [6.45, 7) is 9.00. The van der Waals surface area contributed by atoms with Gasteiger partial charge in [0.1, 0.15) is 0 Å². The first kappa shape index (κ1) is 17.6. The maximum absolute atomic E-state index is 13.3. The number of pyridine rings is 1. The molecule has 0 bridgehead atoms. The van der Waals surface area contributed by atoms with Gasteiger partial charge in [-0.3, -0.25) is 4.79 Å². The second kappa shape index (κ2) is 6.75. The molecule has 4 heterocycles. The van der Waals surface area contributed by atoms with Crippen molar-refractivity contribution in [3.63, 3.8) is 0 Å². The van der Waals surface area contributed by atoms with E-state index >= 15 is 0 Å². The van der Waals surface area contributed by atoms with Crippen LogP contribution < -0.4 is 0 Å². The van der Waals surface area contributed by atoms with E-state index in [1.54, 1.807) is 0 Å². The highest BCUT2D eigenvalue weighted by Gasteiger charge is 2.31. The van der Waals surface area contributed by atoms with Crippen LogP contribution in [-0.4, -0.2) is 44.2 Å². The van der Waals surface area contributed by atoms with E-state index in [4.69, 9.17) is 9.05 Å². The van der Waals surface area contributed by atoms with Crippen LogP contribution in [0.3, 0.4) is 0 Å². The first-order chi connectivity index (χ1) is 12.9. The average molecular weight is 369 g/mol. The zero-order chi connectivity index (χ0) is 19.1. The van der Waals surface area contributed by atoms with Gasteiger partial charge in [-0.2, -0.15) is 4.98 Å². The molecule has 1 aliphatic heterocycles. The molecule has 8 nitrogen and oxygen atoms in total. The lowest BCUT2D eigenvalue weighted by Crippen LogP contribution is -2.39. The highest BCUT2D eigenvalue weighted by Crippen LogP contribution is 2.29. The number of piperidine rings is 1. The van der Waals surface area contributed by atoms with Gasteiger partial charge in [-0.25, -0.2) is 4.98 Å². The highest BCUT2D eigenvalue weighted by atomic mass is 16.5. The molecule has 1 fully saturated rings. The summed E-state index contributed by atoms with van der Waals surface area (Å²) in [4.78, 5) is 24.0. The fraction of sp³-hybridized carbons (Fsp3) is 0.526. The summed E-state index contributed by atoms with van der Waals surface area (Å²) in [7, 11) is 0. The third kappa shape index (κ3) is 3.20. The topological polar surface area (TPSA) is 98.2 Å². The molecule has 0 N–H and O–H groups in total. The molecule has 0 radical (unpaired) electrons. The Labute approximate surface area is 156 Å². The largest absolute Gasteiger partial charge is 0.339 e. The summed E-state index contributed by atoms with van der Waals surface area (Å²) in [5.74, 6) is 1.57. The molecular formula is C19H23N5O3. The van der Waals surface area contributed by atoms with Crippen LogP contribution in [0.5, 0.6) is 0 Å². The minimum absolute atomic E-state index is 0.0369. The number of nitrogens with zero attached hydrogens (tertiary/aromatic N) is 5. The molecule has 0 spiro atoms. The zero-order valence-corrected chi connectivity index (χ0v) is 16.0. The van der Waals surface area contributed by atoms with Crippen LogP contribution in [0.25, 0.3) is 11.1 Å². The molecule has 1 aliphatic rings. The Kier molecular flexibility index (Phi) is 4.41. The number of hydrogen-bond acceptors (Lipinski definition) is 7. The van der Waals surface area contributed by atoms with Crippen molar-refractivity contribution >= 4 is 17.0 Å². The lowest BCUT2D eigenvalue weighted by molar-refractivity contribution is 0.0697. The monoisotopic (exact) mass is 369 g/mol. The first-order valence-corrected chi connectivity index (χ1v) is 9.30. The van der Waals surface area contributed by atoms with Crippen molar-refractivity contribution in [2.75, 3.05) is 13.1 Å². The number of rotatable bonds is 3. The van der Waals surface area contributed by atoms with E-state index in [0.29, 0.717) is 47.2 Å².